The Morgan fingerprint density at radius 1 is 1.00 bits per heavy atom. The van der Waals surface area contributed by atoms with Crippen molar-refractivity contribution in [1.82, 2.24) is 5.64 Å². The predicted molar refractivity (Wildman–Crippen MR) is 31.7 cm³/mol. The van der Waals surface area contributed by atoms with Crippen LogP contribution in [0, 0.1) is 0 Å². The lowest BCUT2D eigenvalue weighted by Gasteiger charge is -1.88. The van der Waals surface area contributed by atoms with Crippen molar-refractivity contribution in [2.75, 3.05) is 0 Å². The van der Waals surface area contributed by atoms with Crippen LogP contribution in [0.3, 0.4) is 0 Å². The quantitative estimate of drug-likeness (QED) is 0.263. The van der Waals surface area contributed by atoms with E-state index in [0.717, 1.165) is 5.64 Å². The Morgan fingerprint density at radius 3 is 1.25 bits per heavy atom. The monoisotopic (exact) mass is 227 g/mol. The Balaban J connectivity index is 0. The van der Waals surface area contributed by atoms with Crippen molar-refractivity contribution in [3.8, 4) is 0 Å². The molecule has 12 heteroatoms. The molecule has 0 atom stereocenters. The molecule has 0 unspecified atom stereocenters. The average Bonchev–Trinajstić information content (AvgIpc) is 1.54. The van der Waals surface area contributed by atoms with Crippen LogP contribution in [0.5, 0.6) is 0 Å². The van der Waals surface area contributed by atoms with Crippen LogP contribution in [0.4, 0.5) is 0 Å². The van der Waals surface area contributed by atoms with E-state index in [9.17, 15) is 8.42 Å². The normalized spacial score (nSPS) is 11.7. The molecule has 0 saturated heterocycles. The van der Waals surface area contributed by atoms with E-state index in [1.54, 1.807) is 0 Å². The second kappa shape index (κ2) is 5.33. The first-order valence-corrected chi connectivity index (χ1v) is 4.57. The highest BCUT2D eigenvalue weighted by Gasteiger charge is 1.99. The SMILES string of the molecule is O=S(=O)(O)O.O=S(=O)(O)ONO. The standard InChI is InChI=1S/H3NO5S.H2O4S/c2-1-6-7(3,4)5;1-5(2,3)4/h1-2H,(H,3,4,5);(H2,1,2,3,4). The van der Waals surface area contributed by atoms with Gasteiger partial charge >= 0.3 is 20.8 Å². The van der Waals surface area contributed by atoms with Crippen LogP contribution in [-0.4, -0.2) is 35.7 Å². The van der Waals surface area contributed by atoms with Crippen molar-refractivity contribution < 1.29 is 40.0 Å². The summed E-state index contributed by atoms with van der Waals surface area (Å²) in [5.74, 6) is 0. The second-order valence-corrected chi connectivity index (χ2v) is 2.97. The van der Waals surface area contributed by atoms with Gasteiger partial charge in [-0.2, -0.15) is 16.8 Å². The van der Waals surface area contributed by atoms with E-state index >= 15 is 0 Å². The molecule has 0 amide bonds. The van der Waals surface area contributed by atoms with Crippen LogP contribution in [0.15, 0.2) is 0 Å². The molecular formula is H5NO9S2. The summed E-state index contributed by atoms with van der Waals surface area (Å²) in [4.78, 5) is 0. The summed E-state index contributed by atoms with van der Waals surface area (Å²) in [6, 6.07) is 0. The summed E-state index contributed by atoms with van der Waals surface area (Å²) in [6.07, 6.45) is 0. The molecule has 0 saturated carbocycles. The summed E-state index contributed by atoms with van der Waals surface area (Å²) >= 11 is 0. The number of hydrogen-bond donors (Lipinski definition) is 5. The maximum Gasteiger partial charge on any atom is 0.415 e. The van der Waals surface area contributed by atoms with Gasteiger partial charge in [0.15, 0.2) is 0 Å². The second-order valence-electron chi connectivity index (χ2n) is 1.05. The van der Waals surface area contributed by atoms with Gasteiger partial charge in [0.2, 0.25) is 0 Å². The van der Waals surface area contributed by atoms with Gasteiger partial charge in [-0.1, -0.05) is 5.64 Å². The largest absolute Gasteiger partial charge is 0.415 e. The Kier molecular flexibility index (Phi) is 6.31. The van der Waals surface area contributed by atoms with Crippen LogP contribution in [-0.2, 0) is 25.1 Å². The fraction of sp³-hybridized carbons (Fsp3) is 0. The summed E-state index contributed by atoms with van der Waals surface area (Å²) in [5, 5.41) is 7.39. The minimum absolute atomic E-state index is 0.770. The van der Waals surface area contributed by atoms with Crippen molar-refractivity contribution in [2.24, 2.45) is 0 Å². The Bertz CT molecular complexity index is 272. The summed E-state index contributed by atoms with van der Waals surface area (Å²) in [5.41, 5.74) is 0.770. The summed E-state index contributed by atoms with van der Waals surface area (Å²) in [7, 11) is -9.20. The molecule has 0 radical (unpaired) electrons. The molecule has 0 aromatic rings. The molecule has 0 aliphatic carbocycles. The van der Waals surface area contributed by atoms with Crippen LogP contribution in [0.1, 0.15) is 0 Å². The fourth-order valence-electron chi connectivity index (χ4n) is 0.0471. The van der Waals surface area contributed by atoms with Gasteiger partial charge in [0, 0.05) is 0 Å². The van der Waals surface area contributed by atoms with Gasteiger partial charge in [-0.3, -0.25) is 18.9 Å². The van der Waals surface area contributed by atoms with E-state index < -0.39 is 20.8 Å². The van der Waals surface area contributed by atoms with Crippen LogP contribution in [0.25, 0.3) is 0 Å². The van der Waals surface area contributed by atoms with E-state index in [1.807, 2.05) is 0 Å². The van der Waals surface area contributed by atoms with Crippen LogP contribution < -0.4 is 5.64 Å². The molecule has 0 aliphatic rings. The number of nitrogens with one attached hydrogen (secondary N) is 1. The molecule has 0 spiro atoms. The molecule has 0 aromatic heterocycles. The molecule has 12 heavy (non-hydrogen) atoms. The van der Waals surface area contributed by atoms with Gasteiger partial charge in [0.25, 0.3) is 0 Å². The molecule has 76 valence electrons. The molecule has 0 rings (SSSR count). The Hall–Kier alpha value is -0.340. The smallest absolute Gasteiger partial charge is 0.291 e. The van der Waals surface area contributed by atoms with Gasteiger partial charge in [-0.15, -0.1) is 4.28 Å². The van der Waals surface area contributed by atoms with E-state index in [4.69, 9.17) is 27.3 Å². The average molecular weight is 227 g/mol. The molecular weight excluding hydrogens is 222 g/mol. The first-order valence-electron chi connectivity index (χ1n) is 1.81. The van der Waals surface area contributed by atoms with E-state index in [-0.39, 0.29) is 0 Å². The van der Waals surface area contributed by atoms with Gasteiger partial charge in [0.1, 0.15) is 0 Å². The zero-order chi connectivity index (χ0) is 10.4. The highest BCUT2D eigenvalue weighted by Crippen LogP contribution is 1.74. The predicted octanol–water partition coefficient (Wildman–Crippen LogP) is -1.95. The van der Waals surface area contributed by atoms with Gasteiger partial charge < -0.3 is 0 Å². The third kappa shape index (κ3) is 54.1. The lowest BCUT2D eigenvalue weighted by atomic mass is 13.3. The van der Waals surface area contributed by atoms with Crippen molar-refractivity contribution in [3.05, 3.63) is 0 Å². The van der Waals surface area contributed by atoms with Crippen LogP contribution >= 0.6 is 0 Å². The van der Waals surface area contributed by atoms with E-state index in [0.29, 0.717) is 0 Å². The van der Waals surface area contributed by atoms with Crippen molar-refractivity contribution in [1.29, 1.82) is 0 Å². The zero-order valence-corrected chi connectivity index (χ0v) is 6.78. The van der Waals surface area contributed by atoms with Gasteiger partial charge in [0.05, 0.1) is 0 Å². The lowest BCUT2D eigenvalue weighted by Crippen LogP contribution is -2.14. The minimum atomic E-state index is -4.67. The van der Waals surface area contributed by atoms with E-state index in [2.05, 4.69) is 4.28 Å². The number of rotatable bonds is 2. The van der Waals surface area contributed by atoms with Crippen molar-refractivity contribution >= 4 is 20.8 Å². The molecule has 0 aliphatic heterocycles. The molecule has 0 aromatic carbocycles. The molecule has 0 heterocycles. The molecule has 5 N–H and O–H groups in total. The molecule has 0 fully saturated rings. The maximum absolute atomic E-state index is 9.34. The van der Waals surface area contributed by atoms with Gasteiger partial charge in [-0.25, -0.2) is 0 Å². The summed E-state index contributed by atoms with van der Waals surface area (Å²) in [6.45, 7) is 0. The Labute approximate surface area is 67.2 Å². The van der Waals surface area contributed by atoms with E-state index in [1.165, 1.54) is 0 Å². The molecule has 0 bridgehead atoms. The number of hydrogen-bond acceptors (Lipinski definition) is 7. The highest BCUT2D eigenvalue weighted by atomic mass is 32.3. The highest BCUT2D eigenvalue weighted by molar-refractivity contribution is 7.80. The zero-order valence-electron chi connectivity index (χ0n) is 5.15. The maximum atomic E-state index is 9.34. The third-order valence-electron chi connectivity index (χ3n) is 0.143. The summed E-state index contributed by atoms with van der Waals surface area (Å²) < 4.78 is 60.9. The minimum Gasteiger partial charge on any atom is -0.291 e. The Morgan fingerprint density at radius 2 is 1.25 bits per heavy atom. The molecule has 10 nitrogen and oxygen atoms in total. The third-order valence-corrected chi connectivity index (χ3v) is 0.428. The lowest BCUT2D eigenvalue weighted by molar-refractivity contribution is -0.0456. The van der Waals surface area contributed by atoms with Crippen molar-refractivity contribution in [2.45, 2.75) is 0 Å². The van der Waals surface area contributed by atoms with Crippen LogP contribution in [0.2, 0.25) is 0 Å². The first-order chi connectivity index (χ1) is 5.06. The first kappa shape index (κ1) is 14.2. The van der Waals surface area contributed by atoms with Gasteiger partial charge in [-0.05, 0) is 0 Å². The topological polar surface area (TPSA) is 170 Å². The van der Waals surface area contributed by atoms with Crippen molar-refractivity contribution in [3.63, 3.8) is 0 Å². The fourth-order valence-corrected chi connectivity index (χ4v) is 0.141.